The van der Waals surface area contributed by atoms with Crippen LogP contribution in [0.4, 0.5) is 10.5 Å². The second kappa shape index (κ2) is 9.75. The van der Waals surface area contributed by atoms with Crippen LogP contribution >= 0.6 is 11.3 Å². The monoisotopic (exact) mass is 462 g/mol. The van der Waals surface area contributed by atoms with Gasteiger partial charge in [-0.2, -0.15) is 0 Å². The molecular formula is C26H30N4O2S. The average Bonchev–Trinajstić information content (AvgIpc) is 3.27. The summed E-state index contributed by atoms with van der Waals surface area (Å²) in [6.07, 6.45) is 0.860. The van der Waals surface area contributed by atoms with Gasteiger partial charge >= 0.3 is 6.03 Å². The second-order valence-corrected chi connectivity index (χ2v) is 9.73. The number of anilines is 1. The summed E-state index contributed by atoms with van der Waals surface area (Å²) in [4.78, 5) is 34.4. The molecular weight excluding hydrogens is 432 g/mol. The topological polar surface area (TPSA) is 65.5 Å². The molecule has 0 bridgehead atoms. The van der Waals surface area contributed by atoms with Crippen LogP contribution in [0, 0.1) is 13.8 Å². The summed E-state index contributed by atoms with van der Waals surface area (Å²) in [7, 11) is 0. The molecule has 3 amide bonds. The Labute approximate surface area is 199 Å². The number of fused-ring (bicyclic) bond motifs is 1. The first-order chi connectivity index (χ1) is 15.8. The molecule has 1 aliphatic heterocycles. The highest BCUT2D eigenvalue weighted by atomic mass is 32.1. The summed E-state index contributed by atoms with van der Waals surface area (Å²) in [6, 6.07) is 14.0. The predicted molar refractivity (Wildman–Crippen MR) is 133 cm³/mol. The highest BCUT2D eigenvalue weighted by Gasteiger charge is 2.25. The first-order valence-corrected chi connectivity index (χ1v) is 12.2. The normalized spacial score (nSPS) is 13.1. The fourth-order valence-electron chi connectivity index (χ4n) is 4.14. The maximum atomic E-state index is 13.1. The van der Waals surface area contributed by atoms with Gasteiger partial charge in [0.25, 0.3) is 5.91 Å². The number of amides is 3. The van der Waals surface area contributed by atoms with Crippen molar-refractivity contribution >= 4 is 29.0 Å². The number of aromatic nitrogens is 1. The fourth-order valence-corrected chi connectivity index (χ4v) is 4.90. The van der Waals surface area contributed by atoms with E-state index in [4.69, 9.17) is 0 Å². The van der Waals surface area contributed by atoms with Gasteiger partial charge in [0.1, 0.15) is 10.7 Å². The molecule has 0 radical (unpaired) electrons. The number of carbonyl (C=O) groups is 2. The number of para-hydroxylation sites is 1. The van der Waals surface area contributed by atoms with Crippen molar-refractivity contribution in [2.45, 2.75) is 53.2 Å². The van der Waals surface area contributed by atoms with E-state index in [0.29, 0.717) is 25.3 Å². The molecule has 1 aromatic heterocycles. The largest absolute Gasteiger partial charge is 0.333 e. The van der Waals surface area contributed by atoms with Gasteiger partial charge in [0.2, 0.25) is 0 Å². The van der Waals surface area contributed by atoms with Crippen LogP contribution in [0.2, 0.25) is 0 Å². The van der Waals surface area contributed by atoms with E-state index in [1.807, 2.05) is 62.9 Å². The number of hydrogen-bond acceptors (Lipinski definition) is 4. The number of urea groups is 1. The molecule has 0 saturated heterocycles. The van der Waals surface area contributed by atoms with Gasteiger partial charge in [0, 0.05) is 30.2 Å². The summed E-state index contributed by atoms with van der Waals surface area (Å²) in [5.41, 5.74) is 5.85. The van der Waals surface area contributed by atoms with Crippen molar-refractivity contribution in [3.63, 3.8) is 0 Å². The molecule has 4 rings (SSSR count). The van der Waals surface area contributed by atoms with E-state index < -0.39 is 0 Å². The summed E-state index contributed by atoms with van der Waals surface area (Å²) in [6.45, 7) is 9.59. The molecule has 172 valence electrons. The van der Waals surface area contributed by atoms with Crippen molar-refractivity contribution in [3.8, 4) is 0 Å². The summed E-state index contributed by atoms with van der Waals surface area (Å²) in [5.74, 6) is -0.0527. The molecule has 0 spiro atoms. The third-order valence-corrected chi connectivity index (χ3v) is 6.93. The molecule has 0 aliphatic carbocycles. The highest BCUT2D eigenvalue weighted by Crippen LogP contribution is 2.23. The van der Waals surface area contributed by atoms with E-state index in [9.17, 15) is 9.59 Å². The predicted octanol–water partition coefficient (Wildman–Crippen LogP) is 5.40. The minimum Gasteiger partial charge on any atom is -0.333 e. The van der Waals surface area contributed by atoms with Crippen LogP contribution < -0.4 is 5.32 Å². The lowest BCUT2D eigenvalue weighted by Crippen LogP contribution is -2.39. The highest BCUT2D eigenvalue weighted by molar-refractivity contribution is 7.09. The first-order valence-electron chi connectivity index (χ1n) is 11.3. The molecule has 0 atom stereocenters. The number of nitrogens with zero attached hydrogens (tertiary/aromatic N) is 3. The SMILES string of the molecule is Cc1cccc(C)c1NC(=O)N(Cc1nc(C(=O)N2CCc3ccccc3C2)cs1)C(C)C. The zero-order valence-electron chi connectivity index (χ0n) is 19.6. The number of thiazole rings is 1. The van der Waals surface area contributed by atoms with Crippen molar-refractivity contribution in [1.29, 1.82) is 0 Å². The summed E-state index contributed by atoms with van der Waals surface area (Å²) < 4.78 is 0. The van der Waals surface area contributed by atoms with Crippen molar-refractivity contribution in [3.05, 3.63) is 80.8 Å². The van der Waals surface area contributed by atoms with Crippen LogP contribution in [0.3, 0.4) is 0 Å². The molecule has 1 N–H and O–H groups in total. The smallest absolute Gasteiger partial charge is 0.322 e. The first kappa shape index (κ1) is 23.0. The van der Waals surface area contributed by atoms with Crippen LogP contribution in [-0.2, 0) is 19.5 Å². The quantitative estimate of drug-likeness (QED) is 0.552. The molecule has 0 saturated carbocycles. The van der Waals surface area contributed by atoms with Crippen LogP contribution in [0.25, 0.3) is 0 Å². The molecule has 0 unspecified atom stereocenters. The van der Waals surface area contributed by atoms with Crippen molar-refractivity contribution < 1.29 is 9.59 Å². The van der Waals surface area contributed by atoms with Gasteiger partial charge < -0.3 is 15.1 Å². The molecule has 2 aromatic carbocycles. The Morgan fingerprint density at radius 1 is 1.09 bits per heavy atom. The lowest BCUT2D eigenvalue weighted by molar-refractivity contribution is 0.0729. The lowest BCUT2D eigenvalue weighted by Gasteiger charge is -2.28. The van der Waals surface area contributed by atoms with Gasteiger partial charge in [-0.25, -0.2) is 9.78 Å². The van der Waals surface area contributed by atoms with Crippen LogP contribution in [0.15, 0.2) is 47.8 Å². The van der Waals surface area contributed by atoms with Gasteiger partial charge in [-0.15, -0.1) is 11.3 Å². The van der Waals surface area contributed by atoms with E-state index in [-0.39, 0.29) is 18.0 Å². The maximum absolute atomic E-state index is 13.1. The fraction of sp³-hybridized carbons (Fsp3) is 0.346. The van der Waals surface area contributed by atoms with Gasteiger partial charge in [-0.1, -0.05) is 42.5 Å². The van der Waals surface area contributed by atoms with E-state index in [0.717, 1.165) is 28.2 Å². The number of benzene rings is 2. The minimum atomic E-state index is -0.168. The minimum absolute atomic E-state index is 0.0176. The Kier molecular flexibility index (Phi) is 6.79. The Balaban J connectivity index is 1.45. The third-order valence-electron chi connectivity index (χ3n) is 6.09. The number of carbonyl (C=O) groups excluding carboxylic acids is 2. The number of hydrogen-bond donors (Lipinski definition) is 1. The molecule has 33 heavy (non-hydrogen) atoms. The van der Waals surface area contributed by atoms with Gasteiger partial charge in [-0.05, 0) is 56.4 Å². The lowest BCUT2D eigenvalue weighted by atomic mass is 10.00. The Morgan fingerprint density at radius 2 is 1.79 bits per heavy atom. The summed E-state index contributed by atoms with van der Waals surface area (Å²) in [5, 5.41) is 5.62. The molecule has 6 nitrogen and oxygen atoms in total. The van der Waals surface area contributed by atoms with Crippen LogP contribution in [-0.4, -0.2) is 39.3 Å². The van der Waals surface area contributed by atoms with Crippen molar-refractivity contribution in [2.24, 2.45) is 0 Å². The molecule has 0 fully saturated rings. The van der Waals surface area contributed by atoms with E-state index >= 15 is 0 Å². The van der Waals surface area contributed by atoms with E-state index in [1.54, 1.807) is 10.3 Å². The van der Waals surface area contributed by atoms with Gasteiger partial charge in [0.15, 0.2) is 0 Å². The standard InChI is InChI=1S/C26H30N4O2S/c1-17(2)30(26(32)28-24-18(3)8-7-9-19(24)4)15-23-27-22(16-33-23)25(31)29-13-12-20-10-5-6-11-21(20)14-29/h5-11,16-17H,12-15H2,1-4H3,(H,28,32). The van der Waals surface area contributed by atoms with Crippen molar-refractivity contribution in [1.82, 2.24) is 14.8 Å². The number of rotatable bonds is 5. The van der Waals surface area contributed by atoms with Gasteiger partial charge in [-0.3, -0.25) is 4.79 Å². The van der Waals surface area contributed by atoms with Crippen LogP contribution in [0.5, 0.6) is 0 Å². The molecule has 7 heteroatoms. The zero-order valence-corrected chi connectivity index (χ0v) is 20.4. The maximum Gasteiger partial charge on any atom is 0.322 e. The van der Waals surface area contributed by atoms with E-state index in [2.05, 4.69) is 22.4 Å². The average molecular weight is 463 g/mol. The molecule has 1 aliphatic rings. The Bertz CT molecular complexity index is 1150. The number of aryl methyl sites for hydroxylation is 2. The number of nitrogens with one attached hydrogen (secondary N) is 1. The molecule has 2 heterocycles. The second-order valence-electron chi connectivity index (χ2n) is 8.79. The van der Waals surface area contributed by atoms with Crippen molar-refractivity contribution in [2.75, 3.05) is 11.9 Å². The Morgan fingerprint density at radius 3 is 2.48 bits per heavy atom. The van der Waals surface area contributed by atoms with Crippen LogP contribution in [0.1, 0.15) is 51.6 Å². The van der Waals surface area contributed by atoms with E-state index in [1.165, 1.54) is 22.5 Å². The van der Waals surface area contributed by atoms with Gasteiger partial charge in [0.05, 0.1) is 6.54 Å². The summed E-state index contributed by atoms with van der Waals surface area (Å²) >= 11 is 1.42. The zero-order chi connectivity index (χ0) is 23.5. The third kappa shape index (κ3) is 5.09. The molecule has 3 aromatic rings. The Hall–Kier alpha value is -3.19.